The van der Waals surface area contributed by atoms with Crippen molar-refractivity contribution in [2.24, 2.45) is 11.5 Å². The van der Waals surface area contributed by atoms with Crippen molar-refractivity contribution in [3.63, 3.8) is 0 Å². The molecule has 0 aliphatic rings. The van der Waals surface area contributed by atoms with Gasteiger partial charge in [0.25, 0.3) is 0 Å². The number of carbonyl (C=O) groups excluding carboxylic acids is 2. The molecule has 0 aliphatic heterocycles. The summed E-state index contributed by atoms with van der Waals surface area (Å²) in [5.41, 5.74) is 10.4. The summed E-state index contributed by atoms with van der Waals surface area (Å²) in [6, 6.07) is -0.920. The number of primary amides is 1. The second kappa shape index (κ2) is 5.94. The number of nitrogens with zero attached hydrogens (tertiary/aromatic N) is 2. The molecule has 8 heteroatoms. The lowest BCUT2D eigenvalue weighted by molar-refractivity contribution is -0.126. The van der Waals surface area contributed by atoms with E-state index in [0.717, 1.165) is 0 Å². The van der Waals surface area contributed by atoms with E-state index < -0.39 is 17.9 Å². The third-order valence-corrected chi connectivity index (χ3v) is 1.97. The fraction of sp³-hybridized carbons (Fsp3) is 0.556. The van der Waals surface area contributed by atoms with Gasteiger partial charge in [-0.1, -0.05) is 5.16 Å². The summed E-state index contributed by atoms with van der Waals surface area (Å²) in [7, 11) is 0. The van der Waals surface area contributed by atoms with Gasteiger partial charge in [-0.2, -0.15) is 4.98 Å². The van der Waals surface area contributed by atoms with Crippen molar-refractivity contribution in [2.45, 2.75) is 25.8 Å². The molecule has 1 heterocycles. The van der Waals surface area contributed by atoms with Crippen molar-refractivity contribution >= 4 is 11.8 Å². The molecule has 17 heavy (non-hydrogen) atoms. The molecule has 1 unspecified atom stereocenters. The molecule has 0 fully saturated rings. The van der Waals surface area contributed by atoms with Crippen LogP contribution in [-0.4, -0.2) is 34.5 Å². The number of hydrogen-bond donors (Lipinski definition) is 3. The standard InChI is InChI=1S/C9H15N5O3/c1-5-13-8(17-14-5)2-3-12-9(16)6(10)4-7(11)15/h6H,2-4,10H2,1H3,(H2,11,15)(H,12,16). The van der Waals surface area contributed by atoms with Crippen LogP contribution < -0.4 is 16.8 Å². The summed E-state index contributed by atoms with van der Waals surface area (Å²) in [6.45, 7) is 2.02. The molecule has 0 saturated carbocycles. The molecule has 0 aromatic carbocycles. The number of hydrogen-bond acceptors (Lipinski definition) is 6. The number of rotatable bonds is 6. The van der Waals surface area contributed by atoms with Crippen LogP contribution in [0.2, 0.25) is 0 Å². The second-order valence-electron chi connectivity index (χ2n) is 3.55. The van der Waals surface area contributed by atoms with Gasteiger partial charge >= 0.3 is 0 Å². The van der Waals surface area contributed by atoms with Crippen LogP contribution in [0, 0.1) is 6.92 Å². The van der Waals surface area contributed by atoms with Crippen molar-refractivity contribution in [1.82, 2.24) is 15.5 Å². The Balaban J connectivity index is 2.26. The van der Waals surface area contributed by atoms with Gasteiger partial charge in [-0.3, -0.25) is 9.59 Å². The number of nitrogens with two attached hydrogens (primary N) is 2. The minimum Gasteiger partial charge on any atom is -0.370 e. The molecule has 1 aromatic rings. The first-order chi connectivity index (χ1) is 7.99. The van der Waals surface area contributed by atoms with Crippen LogP contribution in [0.3, 0.4) is 0 Å². The molecule has 1 aromatic heterocycles. The van der Waals surface area contributed by atoms with Gasteiger partial charge in [-0.15, -0.1) is 0 Å². The van der Waals surface area contributed by atoms with E-state index in [1.54, 1.807) is 6.92 Å². The molecule has 5 N–H and O–H groups in total. The van der Waals surface area contributed by atoms with Crippen LogP contribution in [0.4, 0.5) is 0 Å². The molecule has 0 radical (unpaired) electrons. The zero-order valence-corrected chi connectivity index (χ0v) is 9.47. The van der Waals surface area contributed by atoms with Gasteiger partial charge in [0.05, 0.1) is 12.5 Å². The number of aromatic nitrogens is 2. The van der Waals surface area contributed by atoms with Crippen LogP contribution in [0.15, 0.2) is 4.52 Å². The summed E-state index contributed by atoms with van der Waals surface area (Å²) in [5, 5.41) is 6.15. The Morgan fingerprint density at radius 3 is 2.76 bits per heavy atom. The molecule has 0 bridgehead atoms. The Hall–Kier alpha value is -1.96. The SMILES string of the molecule is Cc1noc(CCNC(=O)C(N)CC(N)=O)n1. The van der Waals surface area contributed by atoms with Gasteiger partial charge in [0.15, 0.2) is 5.82 Å². The van der Waals surface area contributed by atoms with Crippen molar-refractivity contribution in [3.05, 3.63) is 11.7 Å². The molecule has 2 amide bonds. The van der Waals surface area contributed by atoms with Gasteiger partial charge in [0.1, 0.15) is 0 Å². The van der Waals surface area contributed by atoms with E-state index >= 15 is 0 Å². The highest BCUT2D eigenvalue weighted by Gasteiger charge is 2.15. The van der Waals surface area contributed by atoms with Crippen LogP contribution in [0.5, 0.6) is 0 Å². The second-order valence-corrected chi connectivity index (χ2v) is 3.55. The van der Waals surface area contributed by atoms with Crippen LogP contribution in [0.25, 0.3) is 0 Å². The lowest BCUT2D eigenvalue weighted by atomic mass is 10.2. The first kappa shape index (κ1) is 13.1. The summed E-state index contributed by atoms with van der Waals surface area (Å²) in [6.07, 6.45) is 0.237. The molecule has 8 nitrogen and oxygen atoms in total. The molecule has 1 rings (SSSR count). The first-order valence-corrected chi connectivity index (χ1v) is 5.10. The molecular weight excluding hydrogens is 226 g/mol. The average Bonchev–Trinajstić information content (AvgIpc) is 2.63. The number of carbonyl (C=O) groups is 2. The number of aryl methyl sites for hydroxylation is 1. The van der Waals surface area contributed by atoms with Gasteiger partial charge in [0.2, 0.25) is 17.7 Å². The van der Waals surface area contributed by atoms with Gasteiger partial charge < -0.3 is 21.3 Å². The minimum atomic E-state index is -0.920. The largest absolute Gasteiger partial charge is 0.370 e. The van der Waals surface area contributed by atoms with E-state index in [4.69, 9.17) is 16.0 Å². The maximum atomic E-state index is 11.4. The zero-order chi connectivity index (χ0) is 12.8. The topological polar surface area (TPSA) is 137 Å². The minimum absolute atomic E-state index is 0.175. The third kappa shape index (κ3) is 4.60. The smallest absolute Gasteiger partial charge is 0.237 e. The van der Waals surface area contributed by atoms with E-state index in [-0.39, 0.29) is 6.42 Å². The lowest BCUT2D eigenvalue weighted by Crippen LogP contribution is -2.43. The Bertz CT molecular complexity index is 403. The first-order valence-electron chi connectivity index (χ1n) is 5.10. The zero-order valence-electron chi connectivity index (χ0n) is 9.47. The summed E-state index contributed by atoms with van der Waals surface area (Å²) >= 11 is 0. The Kier molecular flexibility index (Phi) is 4.58. The van der Waals surface area contributed by atoms with E-state index in [1.807, 2.05) is 0 Å². The van der Waals surface area contributed by atoms with E-state index in [1.165, 1.54) is 0 Å². The van der Waals surface area contributed by atoms with Gasteiger partial charge in [-0.25, -0.2) is 0 Å². The highest BCUT2D eigenvalue weighted by atomic mass is 16.5. The third-order valence-electron chi connectivity index (χ3n) is 1.97. The van der Waals surface area contributed by atoms with E-state index in [0.29, 0.717) is 24.7 Å². The predicted octanol–water partition coefficient (Wildman–Crippen LogP) is -1.76. The molecular formula is C9H15N5O3. The molecule has 0 aliphatic carbocycles. The van der Waals surface area contributed by atoms with Crippen molar-refractivity contribution in [1.29, 1.82) is 0 Å². The van der Waals surface area contributed by atoms with Crippen LogP contribution in [0.1, 0.15) is 18.1 Å². The predicted molar refractivity (Wildman–Crippen MR) is 57.5 cm³/mol. The van der Waals surface area contributed by atoms with E-state index in [2.05, 4.69) is 15.5 Å². The molecule has 1 atom stereocenters. The summed E-state index contributed by atoms with van der Waals surface area (Å²) in [4.78, 5) is 25.9. The van der Waals surface area contributed by atoms with Crippen LogP contribution >= 0.6 is 0 Å². The fourth-order valence-corrected chi connectivity index (χ4v) is 1.17. The van der Waals surface area contributed by atoms with Crippen molar-refractivity contribution in [3.8, 4) is 0 Å². The molecule has 94 valence electrons. The van der Waals surface area contributed by atoms with Gasteiger partial charge in [-0.05, 0) is 6.92 Å². The molecule has 0 saturated heterocycles. The van der Waals surface area contributed by atoms with E-state index in [9.17, 15) is 9.59 Å². The van der Waals surface area contributed by atoms with Crippen molar-refractivity contribution in [2.75, 3.05) is 6.54 Å². The quantitative estimate of drug-likeness (QED) is 0.539. The Morgan fingerprint density at radius 2 is 2.24 bits per heavy atom. The van der Waals surface area contributed by atoms with Gasteiger partial charge in [0, 0.05) is 13.0 Å². The summed E-state index contributed by atoms with van der Waals surface area (Å²) in [5.74, 6) is -0.0664. The molecule has 0 spiro atoms. The summed E-state index contributed by atoms with van der Waals surface area (Å²) < 4.78 is 4.85. The number of amides is 2. The van der Waals surface area contributed by atoms with Crippen molar-refractivity contribution < 1.29 is 14.1 Å². The maximum Gasteiger partial charge on any atom is 0.237 e. The fourth-order valence-electron chi connectivity index (χ4n) is 1.17. The number of nitrogens with one attached hydrogen (secondary N) is 1. The lowest BCUT2D eigenvalue weighted by Gasteiger charge is -2.09. The highest BCUT2D eigenvalue weighted by molar-refractivity contribution is 5.87. The normalized spacial score (nSPS) is 12.1. The van der Waals surface area contributed by atoms with Crippen LogP contribution in [-0.2, 0) is 16.0 Å². The highest BCUT2D eigenvalue weighted by Crippen LogP contribution is 1.96. The Labute approximate surface area is 97.7 Å². The maximum absolute atomic E-state index is 11.4. The average molecular weight is 241 g/mol. The Morgan fingerprint density at radius 1 is 1.53 bits per heavy atom. The monoisotopic (exact) mass is 241 g/mol.